The number of aliphatic hydroxyl groups is 1. The summed E-state index contributed by atoms with van der Waals surface area (Å²) in [5.41, 5.74) is 0.781. The number of nitrogens with zero attached hydrogens (tertiary/aromatic N) is 2. The molecule has 2 aromatic heterocycles. The molecular weight excluding hydrogens is 276 g/mol. The van der Waals surface area contributed by atoms with Crippen molar-refractivity contribution in [2.24, 2.45) is 0 Å². The van der Waals surface area contributed by atoms with Gasteiger partial charge in [-0.2, -0.15) is 13.5 Å². The summed E-state index contributed by atoms with van der Waals surface area (Å²) in [6, 6.07) is 0. The molecule has 0 atom stereocenters. The van der Waals surface area contributed by atoms with Crippen LogP contribution in [0.3, 0.4) is 0 Å². The van der Waals surface area contributed by atoms with Crippen molar-refractivity contribution >= 4 is 26.5 Å². The topological polar surface area (TPSA) is 108 Å². The fraction of sp³-hybridized carbons (Fsp3) is 0.333. The van der Waals surface area contributed by atoms with Gasteiger partial charge in [-0.15, -0.1) is 11.3 Å². The van der Waals surface area contributed by atoms with Crippen molar-refractivity contribution in [1.82, 2.24) is 15.2 Å². The summed E-state index contributed by atoms with van der Waals surface area (Å²) in [5, 5.41) is 15.5. The third kappa shape index (κ3) is 2.37. The van der Waals surface area contributed by atoms with Gasteiger partial charge in [0.2, 0.25) is 5.03 Å². The number of rotatable bonds is 4. The van der Waals surface area contributed by atoms with Crippen LogP contribution < -0.4 is 4.72 Å². The predicted octanol–water partition coefficient (Wildman–Crippen LogP) is 0.776. The van der Waals surface area contributed by atoms with Crippen LogP contribution in [-0.2, 0) is 16.6 Å². The Labute approximate surface area is 108 Å². The smallest absolute Gasteiger partial charge is 0.283 e. The number of nitrogens with one attached hydrogen (secondary N) is 2. The number of thiazole rings is 1. The summed E-state index contributed by atoms with van der Waals surface area (Å²) in [5.74, 6) is 0. The number of aromatic nitrogens is 3. The first kappa shape index (κ1) is 13.0. The van der Waals surface area contributed by atoms with E-state index in [0.29, 0.717) is 5.69 Å². The second-order valence-electron chi connectivity index (χ2n) is 3.67. The Hall–Kier alpha value is -1.45. The van der Waals surface area contributed by atoms with E-state index < -0.39 is 16.6 Å². The Balaban J connectivity index is 2.36. The van der Waals surface area contributed by atoms with Crippen molar-refractivity contribution in [3.8, 4) is 0 Å². The lowest BCUT2D eigenvalue weighted by atomic mass is 10.3. The van der Waals surface area contributed by atoms with Crippen molar-refractivity contribution in [1.29, 1.82) is 0 Å². The van der Waals surface area contributed by atoms with Gasteiger partial charge in [0.05, 0.1) is 6.61 Å². The minimum absolute atomic E-state index is 0.199. The molecule has 3 N–H and O–H groups in total. The molecule has 7 nitrogen and oxygen atoms in total. The summed E-state index contributed by atoms with van der Waals surface area (Å²) >= 11 is 1.23. The zero-order valence-corrected chi connectivity index (χ0v) is 11.4. The highest BCUT2D eigenvalue weighted by Crippen LogP contribution is 2.22. The summed E-state index contributed by atoms with van der Waals surface area (Å²) in [6.07, 6.45) is 1.57. The molecule has 2 heterocycles. The largest absolute Gasteiger partial charge is 0.392 e. The minimum Gasteiger partial charge on any atom is -0.392 e. The van der Waals surface area contributed by atoms with Gasteiger partial charge in [-0.05, 0) is 13.8 Å². The van der Waals surface area contributed by atoms with Gasteiger partial charge in [0.15, 0.2) is 5.13 Å². The van der Waals surface area contributed by atoms with Crippen molar-refractivity contribution < 1.29 is 13.5 Å². The van der Waals surface area contributed by atoms with Crippen LogP contribution in [0.1, 0.15) is 16.1 Å². The lowest BCUT2D eigenvalue weighted by Crippen LogP contribution is -2.15. The Morgan fingerprint density at radius 2 is 2.22 bits per heavy atom. The number of hydrogen-bond acceptors (Lipinski definition) is 6. The first-order valence-electron chi connectivity index (χ1n) is 5.04. The van der Waals surface area contributed by atoms with Crippen LogP contribution >= 0.6 is 11.3 Å². The van der Waals surface area contributed by atoms with Crippen LogP contribution in [0.2, 0.25) is 0 Å². The normalized spacial score (nSPS) is 11.7. The third-order valence-electron chi connectivity index (χ3n) is 2.29. The molecule has 0 unspecified atom stereocenters. The van der Waals surface area contributed by atoms with Crippen LogP contribution in [0, 0.1) is 13.8 Å². The molecular formula is C9H12N4O3S2. The summed E-state index contributed by atoms with van der Waals surface area (Å²) in [6.45, 7) is 3.08. The predicted molar refractivity (Wildman–Crippen MR) is 66.9 cm³/mol. The number of sulfonamides is 1. The van der Waals surface area contributed by atoms with E-state index in [2.05, 4.69) is 19.9 Å². The van der Waals surface area contributed by atoms with E-state index in [-0.39, 0.29) is 15.7 Å². The first-order valence-corrected chi connectivity index (χ1v) is 7.34. The van der Waals surface area contributed by atoms with Crippen molar-refractivity contribution in [3.05, 3.63) is 22.3 Å². The number of hydrogen-bond donors (Lipinski definition) is 3. The van der Waals surface area contributed by atoms with Crippen molar-refractivity contribution in [2.45, 2.75) is 25.5 Å². The maximum atomic E-state index is 12.1. The van der Waals surface area contributed by atoms with Gasteiger partial charge in [0.25, 0.3) is 10.0 Å². The van der Waals surface area contributed by atoms with E-state index in [1.807, 2.05) is 6.92 Å². The van der Waals surface area contributed by atoms with Gasteiger partial charge in [-0.1, -0.05) is 0 Å². The van der Waals surface area contributed by atoms with E-state index in [9.17, 15) is 8.42 Å². The van der Waals surface area contributed by atoms with E-state index in [4.69, 9.17) is 5.11 Å². The fourth-order valence-corrected chi connectivity index (χ4v) is 3.50. The SMILES string of the molecule is Cc1cnc(NS(=O)(=O)c2n[nH]c(C)c2CO)s1. The molecule has 2 rings (SSSR count). The molecule has 0 aliphatic carbocycles. The number of aryl methyl sites for hydroxylation is 2. The zero-order chi connectivity index (χ0) is 13.3. The molecule has 0 aliphatic rings. The second-order valence-corrected chi connectivity index (χ2v) is 6.50. The van der Waals surface area contributed by atoms with E-state index >= 15 is 0 Å². The monoisotopic (exact) mass is 288 g/mol. The lowest BCUT2D eigenvalue weighted by molar-refractivity contribution is 0.277. The Bertz CT molecular complexity index is 659. The number of H-pyrrole nitrogens is 1. The molecule has 0 fully saturated rings. The number of aliphatic hydroxyl groups excluding tert-OH is 1. The van der Waals surface area contributed by atoms with Crippen molar-refractivity contribution in [3.63, 3.8) is 0 Å². The maximum absolute atomic E-state index is 12.1. The Morgan fingerprint density at radius 3 is 2.78 bits per heavy atom. The van der Waals surface area contributed by atoms with Gasteiger partial charge < -0.3 is 5.11 Å². The third-order valence-corrected chi connectivity index (χ3v) is 4.56. The molecule has 0 aliphatic heterocycles. The molecule has 0 amide bonds. The molecule has 0 radical (unpaired) electrons. The van der Waals surface area contributed by atoms with Crippen LogP contribution in [0.25, 0.3) is 0 Å². The molecule has 0 spiro atoms. The van der Waals surface area contributed by atoms with Gasteiger partial charge >= 0.3 is 0 Å². The van der Waals surface area contributed by atoms with E-state index in [0.717, 1.165) is 4.88 Å². The second kappa shape index (κ2) is 4.67. The molecule has 0 saturated carbocycles. The standard InChI is InChI=1S/C9H12N4O3S2/c1-5-3-10-9(17-5)13-18(15,16)8-7(4-14)6(2)11-12-8/h3,14H,4H2,1-2H3,(H,10,13)(H,11,12). The van der Waals surface area contributed by atoms with Gasteiger partial charge in [-0.3, -0.25) is 9.82 Å². The zero-order valence-electron chi connectivity index (χ0n) is 9.76. The highest BCUT2D eigenvalue weighted by molar-refractivity contribution is 7.92. The summed E-state index contributed by atoms with van der Waals surface area (Å²) < 4.78 is 26.5. The van der Waals surface area contributed by atoms with Crippen LogP contribution in [0.4, 0.5) is 5.13 Å². The van der Waals surface area contributed by atoms with E-state index in [1.165, 1.54) is 11.3 Å². The van der Waals surface area contributed by atoms with E-state index in [1.54, 1.807) is 13.1 Å². The molecule has 9 heteroatoms. The first-order chi connectivity index (χ1) is 8.44. The highest BCUT2D eigenvalue weighted by Gasteiger charge is 2.24. The molecule has 18 heavy (non-hydrogen) atoms. The average molecular weight is 288 g/mol. The van der Waals surface area contributed by atoms with Crippen LogP contribution in [0.15, 0.2) is 11.2 Å². The Morgan fingerprint density at radius 1 is 1.50 bits per heavy atom. The summed E-state index contributed by atoms with van der Waals surface area (Å²) in [7, 11) is -3.83. The van der Waals surface area contributed by atoms with Crippen molar-refractivity contribution in [2.75, 3.05) is 4.72 Å². The lowest BCUT2D eigenvalue weighted by Gasteiger charge is -2.03. The van der Waals surface area contributed by atoms with Gasteiger partial charge in [-0.25, -0.2) is 4.98 Å². The van der Waals surface area contributed by atoms with Gasteiger partial charge in [0.1, 0.15) is 0 Å². The highest BCUT2D eigenvalue weighted by atomic mass is 32.2. The average Bonchev–Trinajstić information content (AvgIpc) is 2.84. The number of aromatic amines is 1. The van der Waals surface area contributed by atoms with Crippen LogP contribution in [0.5, 0.6) is 0 Å². The van der Waals surface area contributed by atoms with Crippen LogP contribution in [-0.4, -0.2) is 28.7 Å². The number of anilines is 1. The molecule has 0 saturated heterocycles. The minimum atomic E-state index is -3.83. The van der Waals surface area contributed by atoms with Gasteiger partial charge in [0, 0.05) is 22.3 Å². The molecule has 0 aromatic carbocycles. The maximum Gasteiger partial charge on any atom is 0.283 e. The fourth-order valence-electron chi connectivity index (χ4n) is 1.40. The molecule has 98 valence electrons. The Kier molecular flexibility index (Phi) is 3.37. The molecule has 0 bridgehead atoms. The quantitative estimate of drug-likeness (QED) is 0.770. The molecule has 2 aromatic rings. The summed E-state index contributed by atoms with van der Waals surface area (Å²) in [4.78, 5) is 4.81.